The molecule has 0 bridgehead atoms. The second-order valence-corrected chi connectivity index (χ2v) is 5.07. The van der Waals surface area contributed by atoms with E-state index >= 15 is 0 Å². The smallest absolute Gasteiger partial charge is 0.156 e. The van der Waals surface area contributed by atoms with Crippen molar-refractivity contribution in [3.05, 3.63) is 36.7 Å². The van der Waals surface area contributed by atoms with Crippen molar-refractivity contribution in [3.63, 3.8) is 0 Å². The summed E-state index contributed by atoms with van der Waals surface area (Å²) in [6, 6.07) is 10.1. The Morgan fingerprint density at radius 2 is 1.79 bits per heavy atom. The van der Waals surface area contributed by atoms with Gasteiger partial charge >= 0.3 is 0 Å². The summed E-state index contributed by atoms with van der Waals surface area (Å²) in [6.07, 6.45) is 1.58. The average molecular weight is 274 g/mol. The van der Waals surface area contributed by atoms with E-state index in [0.717, 1.165) is 28.8 Å². The van der Waals surface area contributed by atoms with E-state index in [-0.39, 0.29) is 0 Å². The molecule has 2 N–H and O–H groups in total. The van der Waals surface area contributed by atoms with Crippen LogP contribution in [0.5, 0.6) is 0 Å². The van der Waals surface area contributed by atoms with Gasteiger partial charge in [0.2, 0.25) is 0 Å². The van der Waals surface area contributed by atoms with Crippen LogP contribution in [0.1, 0.15) is 13.8 Å². The zero-order valence-electron chi connectivity index (χ0n) is 11.2. The van der Waals surface area contributed by atoms with E-state index in [9.17, 15) is 0 Å². The van der Waals surface area contributed by atoms with E-state index in [1.54, 1.807) is 18.1 Å². The molecule has 2 aromatic rings. The van der Waals surface area contributed by atoms with Crippen molar-refractivity contribution >= 4 is 23.3 Å². The minimum Gasteiger partial charge on any atom is -0.394 e. The summed E-state index contributed by atoms with van der Waals surface area (Å²) in [6.45, 7) is 5.95. The highest BCUT2D eigenvalue weighted by Crippen LogP contribution is 2.33. The summed E-state index contributed by atoms with van der Waals surface area (Å²) in [5.74, 6) is 0.818. The molecule has 0 atom stereocenters. The lowest BCUT2D eigenvalue weighted by Crippen LogP contribution is -2.24. The molecule has 0 saturated heterocycles. The number of hydrogen-bond donors (Lipinski definition) is 1. The molecular formula is C14H18N4S. The van der Waals surface area contributed by atoms with E-state index in [1.807, 2.05) is 30.3 Å². The third-order valence-corrected chi connectivity index (χ3v) is 3.87. The number of rotatable bonds is 5. The fourth-order valence-corrected chi connectivity index (χ4v) is 2.64. The van der Waals surface area contributed by atoms with E-state index in [1.165, 1.54) is 0 Å². The lowest BCUT2D eigenvalue weighted by molar-refractivity contribution is 0.836. The van der Waals surface area contributed by atoms with Crippen molar-refractivity contribution in [2.45, 2.75) is 23.8 Å². The standard InChI is InChI=1S/C14H18N4S/c1-3-18(4-2)13-12(15)14(17-10-16-13)19-11-8-6-5-7-9-11/h5-10H,3-4,15H2,1-2H3. The molecule has 0 aliphatic rings. The lowest BCUT2D eigenvalue weighted by Gasteiger charge is -2.21. The third kappa shape index (κ3) is 3.17. The van der Waals surface area contributed by atoms with Gasteiger partial charge in [0.25, 0.3) is 0 Å². The molecule has 0 unspecified atom stereocenters. The van der Waals surface area contributed by atoms with Crippen LogP contribution in [-0.2, 0) is 0 Å². The summed E-state index contributed by atoms with van der Waals surface area (Å²) in [5.41, 5.74) is 6.85. The Hall–Kier alpha value is -1.75. The molecule has 0 radical (unpaired) electrons. The molecule has 5 heteroatoms. The van der Waals surface area contributed by atoms with Gasteiger partial charge in [-0.2, -0.15) is 0 Å². The van der Waals surface area contributed by atoms with Crippen LogP contribution < -0.4 is 10.6 Å². The molecule has 0 amide bonds. The van der Waals surface area contributed by atoms with Gasteiger partial charge in [-0.25, -0.2) is 9.97 Å². The molecule has 1 aromatic carbocycles. The Labute approximate surface area is 118 Å². The number of nitrogens with two attached hydrogens (primary N) is 1. The Morgan fingerprint density at radius 3 is 2.42 bits per heavy atom. The molecule has 100 valence electrons. The van der Waals surface area contributed by atoms with Crippen LogP contribution in [-0.4, -0.2) is 23.1 Å². The molecule has 0 saturated carbocycles. The maximum absolute atomic E-state index is 6.20. The minimum atomic E-state index is 0.653. The topological polar surface area (TPSA) is 55.0 Å². The highest BCUT2D eigenvalue weighted by atomic mass is 32.2. The van der Waals surface area contributed by atoms with Crippen molar-refractivity contribution in [2.24, 2.45) is 0 Å². The van der Waals surface area contributed by atoms with Crippen molar-refractivity contribution in [3.8, 4) is 0 Å². The van der Waals surface area contributed by atoms with Gasteiger partial charge in [-0.15, -0.1) is 0 Å². The molecule has 0 aliphatic heterocycles. The van der Waals surface area contributed by atoms with E-state index in [0.29, 0.717) is 5.69 Å². The van der Waals surface area contributed by atoms with E-state index in [4.69, 9.17) is 5.73 Å². The number of nitrogens with zero attached hydrogens (tertiary/aromatic N) is 3. The van der Waals surface area contributed by atoms with Gasteiger partial charge in [0, 0.05) is 18.0 Å². The summed E-state index contributed by atoms with van der Waals surface area (Å²) in [5, 5.41) is 0.808. The second-order valence-electron chi connectivity index (χ2n) is 4.00. The number of nitrogen functional groups attached to an aromatic ring is 1. The Balaban J connectivity index is 2.30. The van der Waals surface area contributed by atoms with E-state index in [2.05, 4.69) is 28.7 Å². The lowest BCUT2D eigenvalue weighted by atomic mass is 10.4. The Bertz CT molecular complexity index is 526. The molecular weight excluding hydrogens is 256 g/mol. The maximum atomic E-state index is 6.20. The molecule has 0 fully saturated rings. The van der Waals surface area contributed by atoms with Gasteiger partial charge < -0.3 is 10.6 Å². The van der Waals surface area contributed by atoms with Crippen molar-refractivity contribution in [2.75, 3.05) is 23.7 Å². The summed E-state index contributed by atoms with van der Waals surface area (Å²) in [7, 11) is 0. The fraction of sp³-hybridized carbons (Fsp3) is 0.286. The van der Waals surface area contributed by atoms with Gasteiger partial charge in [-0.05, 0) is 26.0 Å². The second kappa shape index (κ2) is 6.43. The fourth-order valence-electron chi connectivity index (χ4n) is 1.83. The van der Waals surface area contributed by atoms with Gasteiger partial charge in [0.1, 0.15) is 17.0 Å². The Kier molecular flexibility index (Phi) is 4.63. The monoisotopic (exact) mass is 274 g/mol. The van der Waals surface area contributed by atoms with Gasteiger partial charge in [-0.3, -0.25) is 0 Å². The third-order valence-electron chi connectivity index (χ3n) is 2.85. The van der Waals surface area contributed by atoms with Crippen LogP contribution in [0.3, 0.4) is 0 Å². The van der Waals surface area contributed by atoms with Gasteiger partial charge in [-0.1, -0.05) is 30.0 Å². The van der Waals surface area contributed by atoms with Gasteiger partial charge in [0.15, 0.2) is 5.82 Å². The molecule has 2 rings (SSSR count). The normalized spacial score (nSPS) is 10.4. The average Bonchev–Trinajstić information content (AvgIpc) is 2.45. The summed E-state index contributed by atoms with van der Waals surface area (Å²) >= 11 is 1.56. The first-order valence-electron chi connectivity index (χ1n) is 6.34. The van der Waals surface area contributed by atoms with Crippen LogP contribution in [0.2, 0.25) is 0 Å². The number of aromatic nitrogens is 2. The predicted octanol–water partition coefficient (Wildman–Crippen LogP) is 3.06. The molecule has 0 spiro atoms. The van der Waals surface area contributed by atoms with Crippen molar-refractivity contribution < 1.29 is 0 Å². The highest BCUT2D eigenvalue weighted by molar-refractivity contribution is 7.99. The minimum absolute atomic E-state index is 0.653. The summed E-state index contributed by atoms with van der Waals surface area (Å²) in [4.78, 5) is 11.8. The van der Waals surface area contributed by atoms with Crippen LogP contribution >= 0.6 is 11.8 Å². The Morgan fingerprint density at radius 1 is 1.11 bits per heavy atom. The zero-order chi connectivity index (χ0) is 13.7. The molecule has 1 heterocycles. The molecule has 1 aromatic heterocycles. The number of anilines is 2. The molecule has 4 nitrogen and oxygen atoms in total. The predicted molar refractivity (Wildman–Crippen MR) is 80.6 cm³/mol. The largest absolute Gasteiger partial charge is 0.394 e. The van der Waals surface area contributed by atoms with Crippen LogP contribution in [0.4, 0.5) is 11.5 Å². The first-order chi connectivity index (χ1) is 9.26. The first kappa shape index (κ1) is 13.7. The van der Waals surface area contributed by atoms with Crippen molar-refractivity contribution in [1.29, 1.82) is 0 Å². The van der Waals surface area contributed by atoms with Crippen LogP contribution in [0.15, 0.2) is 46.6 Å². The highest BCUT2D eigenvalue weighted by Gasteiger charge is 2.13. The quantitative estimate of drug-likeness (QED) is 0.849. The summed E-state index contributed by atoms with van der Waals surface area (Å²) < 4.78 is 0. The first-order valence-corrected chi connectivity index (χ1v) is 7.16. The molecule has 0 aliphatic carbocycles. The zero-order valence-corrected chi connectivity index (χ0v) is 12.0. The molecule has 19 heavy (non-hydrogen) atoms. The van der Waals surface area contributed by atoms with Crippen LogP contribution in [0, 0.1) is 0 Å². The number of benzene rings is 1. The SMILES string of the molecule is CCN(CC)c1ncnc(Sc2ccccc2)c1N. The maximum Gasteiger partial charge on any atom is 0.156 e. The van der Waals surface area contributed by atoms with Gasteiger partial charge in [0.05, 0.1) is 0 Å². The van der Waals surface area contributed by atoms with Crippen molar-refractivity contribution in [1.82, 2.24) is 9.97 Å². The van der Waals surface area contributed by atoms with Crippen LogP contribution in [0.25, 0.3) is 0 Å². The number of hydrogen-bond acceptors (Lipinski definition) is 5. The van der Waals surface area contributed by atoms with E-state index < -0.39 is 0 Å².